The first-order valence-electron chi connectivity index (χ1n) is 11.6. The highest BCUT2D eigenvalue weighted by Crippen LogP contribution is 2.61. The molecule has 0 spiro atoms. The lowest BCUT2D eigenvalue weighted by Gasteiger charge is -2.59. The van der Waals surface area contributed by atoms with E-state index in [9.17, 15) is 13.8 Å². The van der Waals surface area contributed by atoms with Crippen LogP contribution in [-0.4, -0.2) is 45.3 Å². The molecule has 0 radical (unpaired) electrons. The number of hydrogen-bond donors (Lipinski definition) is 2. The summed E-state index contributed by atoms with van der Waals surface area (Å²) in [6, 6.07) is 4.58. The van der Waals surface area contributed by atoms with E-state index < -0.39 is 36.0 Å². The maximum absolute atomic E-state index is 13.6. The first-order chi connectivity index (χ1) is 15.4. The predicted octanol–water partition coefficient (Wildman–Crippen LogP) is 4.60. The minimum atomic E-state index is -1.37. The van der Waals surface area contributed by atoms with E-state index in [0.717, 1.165) is 12.8 Å². The van der Waals surface area contributed by atoms with Crippen molar-refractivity contribution >= 4 is 22.7 Å². The number of aliphatic carboxylic acids is 2. The molecule has 0 amide bonds. The zero-order chi connectivity index (χ0) is 24.4. The molecule has 7 nitrogen and oxygen atoms in total. The zero-order valence-corrected chi connectivity index (χ0v) is 20.8. The summed E-state index contributed by atoms with van der Waals surface area (Å²) in [6.07, 6.45) is 5.88. The first-order valence-corrected chi connectivity index (χ1v) is 13.0. The fourth-order valence-corrected chi connectivity index (χ4v) is 8.08. The van der Waals surface area contributed by atoms with Gasteiger partial charge in [-0.3, -0.25) is 4.21 Å². The van der Waals surface area contributed by atoms with Crippen molar-refractivity contribution in [2.45, 2.75) is 64.7 Å². The Morgan fingerprint density at radius 1 is 1.00 bits per heavy atom. The minimum Gasteiger partial charge on any atom is -0.482 e. The van der Waals surface area contributed by atoms with Gasteiger partial charge in [0.15, 0.2) is 13.2 Å². The van der Waals surface area contributed by atoms with Crippen LogP contribution in [0.4, 0.5) is 0 Å². The monoisotopic (exact) mass is 480 g/mol. The molecule has 0 saturated heterocycles. The SMILES string of the molecule is CC1CCC2C(C)(C)CCCC2(C)C1CS(=O)c1cc(OCC(=O)O)cc(OCC(=O)O)c1. The molecule has 2 aliphatic carbocycles. The van der Waals surface area contributed by atoms with Crippen molar-refractivity contribution in [3.63, 3.8) is 0 Å². The average molecular weight is 481 g/mol. The van der Waals surface area contributed by atoms with Crippen molar-refractivity contribution in [2.75, 3.05) is 19.0 Å². The second-order valence-corrected chi connectivity index (χ2v) is 12.1. The van der Waals surface area contributed by atoms with Gasteiger partial charge in [-0.25, -0.2) is 9.59 Å². The van der Waals surface area contributed by atoms with Crippen LogP contribution < -0.4 is 9.47 Å². The Bertz CT molecular complexity index is 876. The molecule has 0 aromatic heterocycles. The van der Waals surface area contributed by atoms with Crippen LogP contribution in [0.15, 0.2) is 23.1 Å². The third-order valence-electron chi connectivity index (χ3n) is 7.89. The Morgan fingerprint density at radius 3 is 2.12 bits per heavy atom. The number of carboxylic acids is 2. The summed E-state index contributed by atoms with van der Waals surface area (Å²) >= 11 is 0. The molecule has 1 aromatic rings. The van der Waals surface area contributed by atoms with Crippen LogP contribution in [0.1, 0.15) is 59.8 Å². The van der Waals surface area contributed by atoms with Crippen molar-refractivity contribution in [1.82, 2.24) is 0 Å². The van der Waals surface area contributed by atoms with E-state index in [2.05, 4.69) is 27.7 Å². The van der Waals surface area contributed by atoms with Crippen molar-refractivity contribution in [3.8, 4) is 11.5 Å². The lowest BCUT2D eigenvalue weighted by molar-refractivity contribution is -0.140. The first kappa shape index (κ1) is 25.5. The zero-order valence-electron chi connectivity index (χ0n) is 20.0. The predicted molar refractivity (Wildman–Crippen MR) is 125 cm³/mol. The van der Waals surface area contributed by atoms with Gasteiger partial charge in [-0.1, -0.05) is 40.5 Å². The number of hydrogen-bond acceptors (Lipinski definition) is 5. The molecule has 2 fully saturated rings. The van der Waals surface area contributed by atoms with E-state index in [1.165, 1.54) is 25.3 Å². The van der Waals surface area contributed by atoms with Crippen LogP contribution in [0.25, 0.3) is 0 Å². The fraction of sp³-hybridized carbons (Fsp3) is 0.680. The van der Waals surface area contributed by atoms with Gasteiger partial charge < -0.3 is 19.7 Å². The highest BCUT2D eigenvalue weighted by molar-refractivity contribution is 7.85. The second-order valence-electron chi connectivity index (χ2n) is 10.6. The summed E-state index contributed by atoms with van der Waals surface area (Å²) in [5.41, 5.74) is 0.393. The van der Waals surface area contributed by atoms with Crippen molar-refractivity contribution in [3.05, 3.63) is 18.2 Å². The lowest BCUT2D eigenvalue weighted by atomic mass is 9.47. The van der Waals surface area contributed by atoms with Crippen LogP contribution in [0.3, 0.4) is 0 Å². The molecule has 2 aliphatic rings. The highest BCUT2D eigenvalue weighted by atomic mass is 32.2. The molecule has 3 rings (SSSR count). The van der Waals surface area contributed by atoms with Gasteiger partial charge in [0, 0.05) is 16.7 Å². The summed E-state index contributed by atoms with van der Waals surface area (Å²) in [7, 11) is -1.37. The van der Waals surface area contributed by atoms with Crippen molar-refractivity contribution in [1.29, 1.82) is 0 Å². The molecule has 5 unspecified atom stereocenters. The summed E-state index contributed by atoms with van der Waals surface area (Å²) in [6.45, 7) is 8.28. The Hall–Kier alpha value is -2.09. The molecule has 0 heterocycles. The number of carboxylic acid groups (broad SMARTS) is 2. The van der Waals surface area contributed by atoms with Gasteiger partial charge in [-0.15, -0.1) is 0 Å². The van der Waals surface area contributed by atoms with E-state index in [1.807, 2.05) is 0 Å². The maximum Gasteiger partial charge on any atom is 0.341 e. The van der Waals surface area contributed by atoms with E-state index in [0.29, 0.717) is 28.4 Å². The van der Waals surface area contributed by atoms with E-state index in [1.54, 1.807) is 12.1 Å². The number of ether oxygens (including phenoxy) is 2. The topological polar surface area (TPSA) is 110 Å². The van der Waals surface area contributed by atoms with Crippen LogP contribution in [0, 0.1) is 28.6 Å². The lowest BCUT2D eigenvalue weighted by Crippen LogP contribution is -2.52. The molecule has 2 saturated carbocycles. The normalized spacial score (nSPS) is 29.5. The van der Waals surface area contributed by atoms with Gasteiger partial charge >= 0.3 is 11.9 Å². The summed E-state index contributed by atoms with van der Waals surface area (Å²) in [5.74, 6) is -0.0239. The standard InChI is InChI=1S/C25H36O7S/c1-16-6-7-21-24(2,3)8-5-9-25(21,4)20(16)15-33(30)19-11-17(31-13-22(26)27)10-18(12-19)32-14-23(28)29/h10-12,16,20-21H,5-9,13-15H2,1-4H3,(H,26,27)(H,28,29). The Labute approximate surface area is 198 Å². The second kappa shape index (κ2) is 10.0. The summed E-state index contributed by atoms with van der Waals surface area (Å²) < 4.78 is 24.2. The Morgan fingerprint density at radius 2 is 1.58 bits per heavy atom. The number of benzene rings is 1. The molecule has 0 bridgehead atoms. The molecule has 2 N–H and O–H groups in total. The van der Waals surface area contributed by atoms with Crippen molar-refractivity contribution in [2.24, 2.45) is 28.6 Å². The molecule has 184 valence electrons. The van der Waals surface area contributed by atoms with Gasteiger partial charge in [-0.05, 0) is 60.0 Å². The summed E-state index contributed by atoms with van der Waals surface area (Å²) in [4.78, 5) is 22.3. The molecular formula is C25H36O7S. The molecule has 5 atom stereocenters. The molecule has 33 heavy (non-hydrogen) atoms. The highest BCUT2D eigenvalue weighted by Gasteiger charge is 2.53. The van der Waals surface area contributed by atoms with E-state index in [4.69, 9.17) is 19.7 Å². The Balaban J connectivity index is 1.86. The minimum absolute atomic E-state index is 0.120. The van der Waals surface area contributed by atoms with Crippen LogP contribution in [0.2, 0.25) is 0 Å². The van der Waals surface area contributed by atoms with Crippen LogP contribution >= 0.6 is 0 Å². The number of carbonyl (C=O) groups is 2. The maximum atomic E-state index is 13.6. The molecule has 1 aromatic carbocycles. The molecule has 8 heteroatoms. The van der Waals surface area contributed by atoms with E-state index >= 15 is 0 Å². The molecule has 0 aliphatic heterocycles. The third-order valence-corrected chi connectivity index (χ3v) is 9.32. The van der Waals surface area contributed by atoms with Gasteiger partial charge in [0.05, 0.1) is 10.8 Å². The van der Waals surface area contributed by atoms with Gasteiger partial charge in [0.2, 0.25) is 0 Å². The third kappa shape index (κ3) is 5.89. The van der Waals surface area contributed by atoms with Gasteiger partial charge in [0.25, 0.3) is 0 Å². The van der Waals surface area contributed by atoms with Crippen LogP contribution in [0.5, 0.6) is 11.5 Å². The van der Waals surface area contributed by atoms with Crippen LogP contribution in [-0.2, 0) is 20.4 Å². The van der Waals surface area contributed by atoms with Crippen molar-refractivity contribution < 1.29 is 33.5 Å². The smallest absolute Gasteiger partial charge is 0.341 e. The largest absolute Gasteiger partial charge is 0.482 e. The van der Waals surface area contributed by atoms with Gasteiger partial charge in [0.1, 0.15) is 11.5 Å². The number of rotatable bonds is 9. The Kier molecular flexibility index (Phi) is 7.76. The van der Waals surface area contributed by atoms with Gasteiger partial charge in [-0.2, -0.15) is 0 Å². The summed E-state index contributed by atoms with van der Waals surface area (Å²) in [5, 5.41) is 17.9. The van der Waals surface area contributed by atoms with E-state index in [-0.39, 0.29) is 22.3 Å². The fourth-order valence-electron chi connectivity index (χ4n) is 6.36. The molecular weight excluding hydrogens is 444 g/mol. The average Bonchev–Trinajstić information content (AvgIpc) is 2.72. The number of fused-ring (bicyclic) bond motifs is 1. The quantitative estimate of drug-likeness (QED) is 0.531.